The summed E-state index contributed by atoms with van der Waals surface area (Å²) in [6, 6.07) is 4.07. The van der Waals surface area contributed by atoms with Gasteiger partial charge in [-0.3, -0.25) is 0 Å². The zero-order chi connectivity index (χ0) is 12.7. The van der Waals surface area contributed by atoms with Crippen molar-refractivity contribution in [1.29, 1.82) is 0 Å². The number of imidazole rings is 1. The third-order valence-electron chi connectivity index (χ3n) is 3.22. The minimum Gasteiger partial charge on any atom is -0.359 e. The number of hydrogen-bond donors (Lipinski definition) is 2. The van der Waals surface area contributed by atoms with Gasteiger partial charge in [0.25, 0.3) is 0 Å². The number of rotatable bonds is 1. The maximum atomic E-state index is 6.50. The van der Waals surface area contributed by atoms with Crippen molar-refractivity contribution in [2.45, 2.75) is 19.8 Å². The summed E-state index contributed by atoms with van der Waals surface area (Å²) in [5, 5.41) is 4.08. The molecule has 18 heavy (non-hydrogen) atoms. The van der Waals surface area contributed by atoms with Crippen molar-refractivity contribution in [3.63, 3.8) is 0 Å². The van der Waals surface area contributed by atoms with Gasteiger partial charge in [-0.2, -0.15) is 0 Å². The third kappa shape index (κ3) is 1.81. The third-order valence-corrected chi connectivity index (χ3v) is 3.66. The largest absolute Gasteiger partial charge is 0.359 e. The Morgan fingerprint density at radius 3 is 2.89 bits per heavy atom. The highest BCUT2D eigenvalue weighted by Crippen LogP contribution is 2.37. The van der Waals surface area contributed by atoms with Crippen molar-refractivity contribution in [3.05, 3.63) is 47.0 Å². The van der Waals surface area contributed by atoms with Gasteiger partial charge in [0.1, 0.15) is 5.82 Å². The Bertz CT molecular complexity index is 628. The zero-order valence-corrected chi connectivity index (χ0v) is 10.9. The Kier molecular flexibility index (Phi) is 2.63. The van der Waals surface area contributed by atoms with Crippen molar-refractivity contribution in [1.82, 2.24) is 9.97 Å². The summed E-state index contributed by atoms with van der Waals surface area (Å²) in [5.41, 5.74) is 5.24. The number of benzene rings is 1. The van der Waals surface area contributed by atoms with E-state index >= 15 is 0 Å². The van der Waals surface area contributed by atoms with Crippen LogP contribution in [0.3, 0.4) is 0 Å². The molecule has 0 radical (unpaired) electrons. The second-order valence-electron chi connectivity index (χ2n) is 4.56. The molecule has 1 aromatic carbocycles. The van der Waals surface area contributed by atoms with Crippen molar-refractivity contribution in [3.8, 4) is 11.3 Å². The molecule has 3 nitrogen and oxygen atoms in total. The van der Waals surface area contributed by atoms with Gasteiger partial charge in [-0.25, -0.2) is 4.98 Å². The molecule has 92 valence electrons. The maximum Gasteiger partial charge on any atom is 0.103 e. The molecule has 0 amide bonds. The van der Waals surface area contributed by atoms with Gasteiger partial charge in [0.15, 0.2) is 0 Å². The predicted molar refractivity (Wildman–Crippen MR) is 74.9 cm³/mol. The normalized spacial score (nSPS) is 14.2. The molecule has 4 heteroatoms. The van der Waals surface area contributed by atoms with E-state index in [2.05, 4.69) is 27.9 Å². The molecule has 2 heterocycles. The number of halogens is 1. The lowest BCUT2D eigenvalue weighted by Crippen LogP contribution is -2.09. The minimum atomic E-state index is 0.802. The lowest BCUT2D eigenvalue weighted by Gasteiger charge is -2.22. The highest BCUT2D eigenvalue weighted by molar-refractivity contribution is 6.34. The van der Waals surface area contributed by atoms with Crippen molar-refractivity contribution < 1.29 is 0 Å². The van der Waals surface area contributed by atoms with Gasteiger partial charge in [0, 0.05) is 16.9 Å². The number of allylic oxidation sites excluding steroid dienone is 1. The van der Waals surface area contributed by atoms with E-state index in [4.69, 9.17) is 11.6 Å². The summed E-state index contributed by atoms with van der Waals surface area (Å²) in [6.45, 7) is 5.89. The van der Waals surface area contributed by atoms with Gasteiger partial charge in [0.2, 0.25) is 0 Å². The molecule has 0 atom stereocenters. The Morgan fingerprint density at radius 2 is 2.17 bits per heavy atom. The Morgan fingerprint density at radius 1 is 1.33 bits per heavy atom. The van der Waals surface area contributed by atoms with Crippen molar-refractivity contribution >= 4 is 17.3 Å². The SMILES string of the molecule is C=C1CCc2c(ccc(-c3cnc(C)[nH]3)c2Cl)N1. The van der Waals surface area contributed by atoms with Crippen LogP contribution in [0.15, 0.2) is 30.6 Å². The number of hydrogen-bond acceptors (Lipinski definition) is 2. The van der Waals surface area contributed by atoms with E-state index < -0.39 is 0 Å². The molecule has 1 aromatic heterocycles. The van der Waals surface area contributed by atoms with Crippen LogP contribution in [0.2, 0.25) is 5.02 Å². The van der Waals surface area contributed by atoms with Gasteiger partial charge in [0.05, 0.1) is 16.9 Å². The monoisotopic (exact) mass is 259 g/mol. The quantitative estimate of drug-likeness (QED) is 0.815. The number of aromatic amines is 1. The van der Waals surface area contributed by atoms with Crippen LogP contribution in [0.5, 0.6) is 0 Å². The van der Waals surface area contributed by atoms with Crippen LogP contribution in [0.1, 0.15) is 17.8 Å². The highest BCUT2D eigenvalue weighted by Gasteiger charge is 2.18. The number of aryl methyl sites for hydroxylation is 1. The first-order valence-electron chi connectivity index (χ1n) is 5.93. The summed E-state index contributed by atoms with van der Waals surface area (Å²) in [7, 11) is 0. The molecule has 2 N–H and O–H groups in total. The number of nitrogens with one attached hydrogen (secondary N) is 2. The van der Waals surface area contributed by atoms with Crippen LogP contribution < -0.4 is 5.32 Å². The molecule has 2 aromatic rings. The van der Waals surface area contributed by atoms with Gasteiger partial charge < -0.3 is 10.3 Å². The summed E-state index contributed by atoms with van der Waals surface area (Å²) in [5.74, 6) is 0.894. The smallest absolute Gasteiger partial charge is 0.103 e. The molecule has 0 spiro atoms. The van der Waals surface area contributed by atoms with Crippen molar-refractivity contribution in [2.24, 2.45) is 0 Å². The first kappa shape index (κ1) is 11.4. The van der Waals surface area contributed by atoms with E-state index in [9.17, 15) is 0 Å². The Balaban J connectivity index is 2.11. The zero-order valence-electron chi connectivity index (χ0n) is 10.2. The second kappa shape index (κ2) is 4.18. The minimum absolute atomic E-state index is 0.802. The van der Waals surface area contributed by atoms with Crippen LogP contribution in [0.25, 0.3) is 11.3 Å². The first-order valence-corrected chi connectivity index (χ1v) is 6.31. The van der Waals surface area contributed by atoms with Gasteiger partial charge >= 0.3 is 0 Å². The lowest BCUT2D eigenvalue weighted by atomic mass is 9.98. The van der Waals surface area contributed by atoms with E-state index in [1.165, 1.54) is 0 Å². The number of H-pyrrole nitrogens is 1. The van der Waals surface area contributed by atoms with Crippen LogP contribution in [-0.4, -0.2) is 9.97 Å². The van der Waals surface area contributed by atoms with Gasteiger partial charge in [-0.1, -0.05) is 18.2 Å². The number of anilines is 1. The van der Waals surface area contributed by atoms with E-state index in [-0.39, 0.29) is 0 Å². The average Bonchev–Trinajstić information content (AvgIpc) is 2.76. The predicted octanol–water partition coefficient (Wildman–Crippen LogP) is 3.91. The van der Waals surface area contributed by atoms with E-state index in [0.29, 0.717) is 0 Å². The van der Waals surface area contributed by atoms with E-state index in [1.54, 1.807) is 0 Å². The standard InChI is InChI=1S/C14H14ClN3/c1-8-3-4-10-12(17-8)6-5-11(14(10)15)13-7-16-9(2)18-13/h5-7,17H,1,3-4H2,2H3,(H,16,18). The van der Waals surface area contributed by atoms with E-state index in [0.717, 1.165) is 51.9 Å². The van der Waals surface area contributed by atoms with Gasteiger partial charge in [-0.15, -0.1) is 0 Å². The summed E-state index contributed by atoms with van der Waals surface area (Å²) < 4.78 is 0. The second-order valence-corrected chi connectivity index (χ2v) is 4.94. The molecule has 1 aliphatic rings. The van der Waals surface area contributed by atoms with E-state index in [1.807, 2.05) is 19.2 Å². The average molecular weight is 260 g/mol. The summed E-state index contributed by atoms with van der Waals surface area (Å²) in [6.07, 6.45) is 3.68. The summed E-state index contributed by atoms with van der Waals surface area (Å²) in [4.78, 5) is 7.43. The Labute approximate surface area is 111 Å². The molecule has 1 aliphatic heterocycles. The Hall–Kier alpha value is -1.74. The number of aromatic nitrogens is 2. The molecule has 0 saturated carbocycles. The number of nitrogens with zero attached hydrogens (tertiary/aromatic N) is 1. The van der Waals surface area contributed by atoms with Crippen LogP contribution >= 0.6 is 11.6 Å². The van der Waals surface area contributed by atoms with Crippen molar-refractivity contribution in [2.75, 3.05) is 5.32 Å². The number of fused-ring (bicyclic) bond motifs is 1. The van der Waals surface area contributed by atoms with Gasteiger partial charge in [-0.05, 0) is 37.5 Å². The fourth-order valence-corrected chi connectivity index (χ4v) is 2.64. The molecular weight excluding hydrogens is 246 g/mol. The maximum absolute atomic E-state index is 6.50. The fourth-order valence-electron chi connectivity index (χ4n) is 2.28. The molecule has 0 saturated heterocycles. The van der Waals surface area contributed by atoms with Crippen LogP contribution in [0.4, 0.5) is 5.69 Å². The lowest BCUT2D eigenvalue weighted by molar-refractivity contribution is 0.919. The molecule has 3 rings (SSSR count). The topological polar surface area (TPSA) is 40.7 Å². The summed E-state index contributed by atoms with van der Waals surface area (Å²) >= 11 is 6.50. The molecule has 0 unspecified atom stereocenters. The highest BCUT2D eigenvalue weighted by atomic mass is 35.5. The molecule has 0 aliphatic carbocycles. The molecular formula is C14H14ClN3. The first-order chi connectivity index (χ1) is 8.65. The molecule has 0 bridgehead atoms. The molecule has 0 fully saturated rings. The van der Waals surface area contributed by atoms with Crippen LogP contribution in [0, 0.1) is 6.92 Å². The fraction of sp³-hybridized carbons (Fsp3) is 0.214. The van der Waals surface area contributed by atoms with Crippen LogP contribution in [-0.2, 0) is 6.42 Å².